The van der Waals surface area contributed by atoms with Crippen molar-refractivity contribution in [2.24, 2.45) is 0 Å². The maximum atomic E-state index is 13.3. The SMILES string of the molecule is CCCCCCCCNCc1ccccc1F.Cl. The first-order chi connectivity index (χ1) is 8.34. The zero-order chi connectivity index (χ0) is 12.3. The number of hydrogen-bond donors (Lipinski definition) is 1. The third kappa shape index (κ3) is 7.67. The fourth-order valence-electron chi connectivity index (χ4n) is 1.90. The summed E-state index contributed by atoms with van der Waals surface area (Å²) in [6, 6.07) is 6.96. The van der Waals surface area contributed by atoms with Crippen LogP contribution in [0.15, 0.2) is 24.3 Å². The number of rotatable bonds is 9. The highest BCUT2D eigenvalue weighted by Crippen LogP contribution is 2.06. The third-order valence-corrected chi connectivity index (χ3v) is 2.98. The van der Waals surface area contributed by atoms with Gasteiger partial charge in [-0.15, -0.1) is 12.4 Å². The molecule has 0 atom stereocenters. The fourth-order valence-corrected chi connectivity index (χ4v) is 1.90. The highest BCUT2D eigenvalue weighted by atomic mass is 35.5. The van der Waals surface area contributed by atoms with Crippen LogP contribution in [0.5, 0.6) is 0 Å². The van der Waals surface area contributed by atoms with E-state index in [4.69, 9.17) is 0 Å². The minimum Gasteiger partial charge on any atom is -0.313 e. The van der Waals surface area contributed by atoms with Crippen LogP contribution in [0.1, 0.15) is 51.0 Å². The van der Waals surface area contributed by atoms with Gasteiger partial charge in [-0.25, -0.2) is 4.39 Å². The first-order valence-corrected chi connectivity index (χ1v) is 6.78. The molecular formula is C15H25ClFN. The number of unbranched alkanes of at least 4 members (excludes halogenated alkanes) is 5. The van der Waals surface area contributed by atoms with E-state index in [0.29, 0.717) is 6.54 Å². The van der Waals surface area contributed by atoms with Crippen molar-refractivity contribution in [3.63, 3.8) is 0 Å². The lowest BCUT2D eigenvalue weighted by Crippen LogP contribution is -2.15. The number of benzene rings is 1. The van der Waals surface area contributed by atoms with Crippen molar-refractivity contribution in [1.29, 1.82) is 0 Å². The smallest absolute Gasteiger partial charge is 0.127 e. The molecule has 0 saturated carbocycles. The monoisotopic (exact) mass is 273 g/mol. The molecule has 1 rings (SSSR count). The summed E-state index contributed by atoms with van der Waals surface area (Å²) in [6.45, 7) is 3.86. The van der Waals surface area contributed by atoms with Crippen LogP contribution in [0, 0.1) is 5.82 Å². The van der Waals surface area contributed by atoms with E-state index in [-0.39, 0.29) is 18.2 Å². The van der Waals surface area contributed by atoms with Gasteiger partial charge in [0.15, 0.2) is 0 Å². The van der Waals surface area contributed by atoms with Gasteiger partial charge in [0.2, 0.25) is 0 Å². The van der Waals surface area contributed by atoms with Gasteiger partial charge < -0.3 is 5.32 Å². The summed E-state index contributed by atoms with van der Waals surface area (Å²) in [5.74, 6) is -0.108. The van der Waals surface area contributed by atoms with Gasteiger partial charge in [-0.05, 0) is 19.0 Å². The second-order valence-electron chi connectivity index (χ2n) is 4.54. The second kappa shape index (κ2) is 11.5. The van der Waals surface area contributed by atoms with Crippen molar-refractivity contribution in [2.75, 3.05) is 6.54 Å². The van der Waals surface area contributed by atoms with Crippen molar-refractivity contribution < 1.29 is 4.39 Å². The maximum Gasteiger partial charge on any atom is 0.127 e. The molecule has 18 heavy (non-hydrogen) atoms. The van der Waals surface area contributed by atoms with E-state index >= 15 is 0 Å². The lowest BCUT2D eigenvalue weighted by atomic mass is 10.1. The van der Waals surface area contributed by atoms with Crippen molar-refractivity contribution in [3.8, 4) is 0 Å². The molecule has 1 aromatic carbocycles. The molecule has 1 nitrogen and oxygen atoms in total. The predicted molar refractivity (Wildman–Crippen MR) is 78.7 cm³/mol. The molecule has 0 heterocycles. The molecule has 3 heteroatoms. The molecule has 0 aliphatic carbocycles. The molecule has 0 spiro atoms. The van der Waals surface area contributed by atoms with Crippen LogP contribution in [0.25, 0.3) is 0 Å². The third-order valence-electron chi connectivity index (χ3n) is 2.98. The molecule has 0 amide bonds. The van der Waals surface area contributed by atoms with E-state index in [0.717, 1.165) is 12.1 Å². The molecule has 0 fully saturated rings. The van der Waals surface area contributed by atoms with Gasteiger partial charge in [0.05, 0.1) is 0 Å². The van der Waals surface area contributed by atoms with Gasteiger partial charge in [0.1, 0.15) is 5.82 Å². The average molecular weight is 274 g/mol. The first-order valence-electron chi connectivity index (χ1n) is 6.78. The van der Waals surface area contributed by atoms with Gasteiger partial charge in [0, 0.05) is 12.1 Å². The largest absolute Gasteiger partial charge is 0.313 e. The lowest BCUT2D eigenvalue weighted by molar-refractivity contribution is 0.556. The zero-order valence-corrected chi connectivity index (χ0v) is 12.1. The quantitative estimate of drug-likeness (QED) is 0.643. The van der Waals surface area contributed by atoms with Crippen molar-refractivity contribution in [3.05, 3.63) is 35.6 Å². The van der Waals surface area contributed by atoms with Crippen molar-refractivity contribution in [2.45, 2.75) is 52.0 Å². The van der Waals surface area contributed by atoms with Crippen LogP contribution in [0.2, 0.25) is 0 Å². The van der Waals surface area contributed by atoms with Crippen LogP contribution < -0.4 is 5.32 Å². The van der Waals surface area contributed by atoms with Crippen LogP contribution in [-0.2, 0) is 6.54 Å². The molecule has 0 aromatic heterocycles. The number of hydrogen-bond acceptors (Lipinski definition) is 1. The van der Waals surface area contributed by atoms with Crippen LogP contribution >= 0.6 is 12.4 Å². The summed E-state index contributed by atoms with van der Waals surface area (Å²) in [7, 11) is 0. The summed E-state index contributed by atoms with van der Waals surface area (Å²) in [4.78, 5) is 0. The van der Waals surface area contributed by atoms with Gasteiger partial charge in [0.25, 0.3) is 0 Å². The normalized spacial score (nSPS) is 10.1. The second-order valence-corrected chi connectivity index (χ2v) is 4.54. The fraction of sp³-hybridized carbons (Fsp3) is 0.600. The Hall–Kier alpha value is -0.600. The van der Waals surface area contributed by atoms with Crippen molar-refractivity contribution in [1.82, 2.24) is 5.32 Å². The molecule has 0 bridgehead atoms. The van der Waals surface area contributed by atoms with E-state index in [1.165, 1.54) is 44.6 Å². The van der Waals surface area contributed by atoms with Crippen LogP contribution in [0.4, 0.5) is 4.39 Å². The van der Waals surface area contributed by atoms with E-state index in [1.807, 2.05) is 12.1 Å². The summed E-state index contributed by atoms with van der Waals surface area (Å²) < 4.78 is 13.3. The highest BCUT2D eigenvalue weighted by molar-refractivity contribution is 5.85. The van der Waals surface area contributed by atoms with Crippen molar-refractivity contribution >= 4 is 12.4 Å². The molecule has 0 aliphatic heterocycles. The minimum atomic E-state index is -0.108. The molecule has 0 unspecified atom stereocenters. The average Bonchev–Trinajstić information content (AvgIpc) is 2.35. The standard InChI is InChI=1S/C15H24FN.ClH/c1-2-3-4-5-6-9-12-17-13-14-10-7-8-11-15(14)16;/h7-8,10-11,17H,2-6,9,12-13H2,1H3;1H. The lowest BCUT2D eigenvalue weighted by Gasteiger charge is -2.05. The van der Waals surface area contributed by atoms with Crippen LogP contribution in [0.3, 0.4) is 0 Å². The molecule has 1 N–H and O–H groups in total. The van der Waals surface area contributed by atoms with Crippen LogP contribution in [-0.4, -0.2) is 6.54 Å². The van der Waals surface area contributed by atoms with Gasteiger partial charge in [-0.3, -0.25) is 0 Å². The maximum absolute atomic E-state index is 13.3. The Labute approximate surface area is 117 Å². The summed E-state index contributed by atoms with van der Waals surface area (Å²) in [6.07, 6.45) is 7.80. The Bertz CT molecular complexity index is 304. The topological polar surface area (TPSA) is 12.0 Å². The molecule has 0 radical (unpaired) electrons. The summed E-state index contributed by atoms with van der Waals surface area (Å²) >= 11 is 0. The van der Waals surface area contributed by atoms with Gasteiger partial charge in [-0.1, -0.05) is 57.2 Å². The Morgan fingerprint density at radius 3 is 2.39 bits per heavy atom. The van der Waals surface area contributed by atoms with E-state index in [2.05, 4.69) is 12.2 Å². The molecule has 0 saturated heterocycles. The van der Waals surface area contributed by atoms with Gasteiger partial charge >= 0.3 is 0 Å². The number of halogens is 2. The van der Waals surface area contributed by atoms with E-state index in [1.54, 1.807) is 6.07 Å². The highest BCUT2D eigenvalue weighted by Gasteiger charge is 1.98. The first kappa shape index (κ1) is 17.4. The summed E-state index contributed by atoms with van der Waals surface area (Å²) in [5.41, 5.74) is 0.762. The molecule has 0 aliphatic rings. The van der Waals surface area contributed by atoms with E-state index in [9.17, 15) is 4.39 Å². The molecular weight excluding hydrogens is 249 g/mol. The minimum absolute atomic E-state index is 0. The Balaban J connectivity index is 0.00000289. The number of nitrogens with one attached hydrogen (secondary N) is 1. The van der Waals surface area contributed by atoms with E-state index < -0.39 is 0 Å². The predicted octanol–water partition coefficient (Wildman–Crippen LogP) is 4.70. The molecule has 1 aromatic rings. The Morgan fingerprint density at radius 2 is 1.67 bits per heavy atom. The van der Waals surface area contributed by atoms with Gasteiger partial charge in [-0.2, -0.15) is 0 Å². The Kier molecular flexibility index (Phi) is 11.1. The Morgan fingerprint density at radius 1 is 1.00 bits per heavy atom. The molecule has 104 valence electrons. The summed E-state index contributed by atoms with van der Waals surface area (Å²) in [5, 5.41) is 3.29. The zero-order valence-electron chi connectivity index (χ0n) is 11.3.